The molecule has 2 heterocycles. The molecule has 0 radical (unpaired) electrons. The van der Waals surface area contributed by atoms with E-state index in [0.29, 0.717) is 5.13 Å². The van der Waals surface area contributed by atoms with Crippen molar-refractivity contribution in [2.45, 2.75) is 0 Å². The van der Waals surface area contributed by atoms with Crippen LogP contribution in [0.4, 0.5) is 10.8 Å². The summed E-state index contributed by atoms with van der Waals surface area (Å²) in [6.45, 7) is 0. The third-order valence-electron chi connectivity index (χ3n) is 1.15. The van der Waals surface area contributed by atoms with Crippen LogP contribution in [-0.2, 0) is 0 Å². The Morgan fingerprint density at radius 2 is 2.55 bits per heavy atom. The lowest BCUT2D eigenvalue weighted by atomic mass is 10.5. The molecule has 2 rings (SSSR count). The predicted octanol–water partition coefficient (Wildman–Crippen LogP) is 1.00. The van der Waals surface area contributed by atoms with E-state index in [1.165, 1.54) is 11.5 Å². The molecular weight excluding hydrogens is 162 g/mol. The molecule has 0 amide bonds. The van der Waals surface area contributed by atoms with Gasteiger partial charge in [-0.1, -0.05) is 9.59 Å². The Morgan fingerprint density at radius 3 is 3.18 bits per heavy atom. The molecule has 0 aliphatic rings. The van der Waals surface area contributed by atoms with Gasteiger partial charge in [0, 0.05) is 23.9 Å². The SMILES string of the molecule is c1cc(Nc2nnns2)c[nH]1. The van der Waals surface area contributed by atoms with Gasteiger partial charge in [0.05, 0.1) is 5.69 Å². The Kier molecular flexibility index (Phi) is 1.53. The molecular formula is C5H5N5S. The zero-order valence-corrected chi connectivity index (χ0v) is 6.30. The van der Waals surface area contributed by atoms with Crippen molar-refractivity contribution in [3.63, 3.8) is 0 Å². The summed E-state index contributed by atoms with van der Waals surface area (Å²) in [6, 6.07) is 1.90. The molecule has 0 unspecified atom stereocenters. The van der Waals surface area contributed by atoms with E-state index in [2.05, 4.69) is 25.1 Å². The van der Waals surface area contributed by atoms with Crippen molar-refractivity contribution in [3.05, 3.63) is 18.5 Å². The minimum absolute atomic E-state index is 0.699. The number of nitrogens with one attached hydrogen (secondary N) is 2. The second-order valence-corrected chi connectivity index (χ2v) is 2.62. The van der Waals surface area contributed by atoms with E-state index in [1.807, 2.05) is 18.5 Å². The molecule has 0 fully saturated rings. The monoisotopic (exact) mass is 167 g/mol. The second-order valence-electron chi connectivity index (χ2n) is 1.89. The van der Waals surface area contributed by atoms with E-state index in [-0.39, 0.29) is 0 Å². The number of H-pyrrole nitrogens is 1. The Balaban J connectivity index is 2.14. The number of rotatable bonds is 2. The maximum Gasteiger partial charge on any atom is 0.229 e. The van der Waals surface area contributed by atoms with Crippen molar-refractivity contribution in [2.75, 3.05) is 5.32 Å². The van der Waals surface area contributed by atoms with E-state index in [1.54, 1.807) is 0 Å². The highest BCUT2D eigenvalue weighted by Crippen LogP contribution is 2.13. The first-order valence-corrected chi connectivity index (χ1v) is 3.77. The van der Waals surface area contributed by atoms with Crippen LogP contribution in [0.1, 0.15) is 0 Å². The van der Waals surface area contributed by atoms with E-state index in [0.717, 1.165) is 5.69 Å². The zero-order chi connectivity index (χ0) is 7.52. The van der Waals surface area contributed by atoms with Gasteiger partial charge in [0.2, 0.25) is 5.13 Å². The van der Waals surface area contributed by atoms with E-state index >= 15 is 0 Å². The molecule has 11 heavy (non-hydrogen) atoms. The predicted molar refractivity (Wildman–Crippen MR) is 41.8 cm³/mol. The van der Waals surface area contributed by atoms with E-state index < -0.39 is 0 Å². The van der Waals surface area contributed by atoms with Crippen LogP contribution in [0.25, 0.3) is 0 Å². The maximum atomic E-state index is 3.72. The van der Waals surface area contributed by atoms with Gasteiger partial charge in [-0.3, -0.25) is 0 Å². The third-order valence-corrected chi connectivity index (χ3v) is 1.66. The highest BCUT2D eigenvalue weighted by molar-refractivity contribution is 7.09. The first-order chi connectivity index (χ1) is 5.45. The van der Waals surface area contributed by atoms with Crippen molar-refractivity contribution in [2.24, 2.45) is 0 Å². The lowest BCUT2D eigenvalue weighted by Gasteiger charge is -1.92. The van der Waals surface area contributed by atoms with Gasteiger partial charge in [-0.05, 0) is 11.3 Å². The molecule has 0 bridgehead atoms. The van der Waals surface area contributed by atoms with Gasteiger partial charge in [-0.15, -0.1) is 0 Å². The summed E-state index contributed by atoms with van der Waals surface area (Å²) in [6.07, 6.45) is 3.66. The number of hydrogen-bond acceptors (Lipinski definition) is 5. The fraction of sp³-hybridized carbons (Fsp3) is 0. The fourth-order valence-corrected chi connectivity index (χ4v) is 1.09. The van der Waals surface area contributed by atoms with Crippen molar-refractivity contribution in [3.8, 4) is 0 Å². The molecule has 2 N–H and O–H groups in total. The summed E-state index contributed by atoms with van der Waals surface area (Å²) >= 11 is 1.22. The smallest absolute Gasteiger partial charge is 0.229 e. The van der Waals surface area contributed by atoms with Gasteiger partial charge >= 0.3 is 0 Å². The molecule has 0 saturated heterocycles. The van der Waals surface area contributed by atoms with Crippen LogP contribution in [-0.4, -0.2) is 19.8 Å². The molecule has 0 spiro atoms. The first kappa shape index (κ1) is 6.29. The Bertz CT molecular complexity index is 267. The maximum absolute atomic E-state index is 3.72. The van der Waals surface area contributed by atoms with Gasteiger partial charge in [0.1, 0.15) is 0 Å². The molecule has 2 aromatic rings. The molecule has 0 aliphatic heterocycles. The molecule has 56 valence electrons. The van der Waals surface area contributed by atoms with Gasteiger partial charge in [0.15, 0.2) is 0 Å². The molecule has 6 heteroatoms. The normalized spacial score (nSPS) is 9.82. The van der Waals surface area contributed by atoms with Crippen molar-refractivity contribution in [1.82, 2.24) is 19.8 Å². The van der Waals surface area contributed by atoms with Crippen LogP contribution in [0, 0.1) is 0 Å². The molecule has 0 aromatic carbocycles. The number of aromatic nitrogens is 4. The third kappa shape index (κ3) is 1.35. The van der Waals surface area contributed by atoms with Gasteiger partial charge in [-0.2, -0.15) is 0 Å². The molecule has 0 aliphatic carbocycles. The zero-order valence-electron chi connectivity index (χ0n) is 5.48. The van der Waals surface area contributed by atoms with E-state index in [9.17, 15) is 0 Å². The summed E-state index contributed by atoms with van der Waals surface area (Å²) in [7, 11) is 0. The topological polar surface area (TPSA) is 66.5 Å². The van der Waals surface area contributed by atoms with Crippen LogP contribution in [0.3, 0.4) is 0 Å². The fourth-order valence-electron chi connectivity index (χ4n) is 0.707. The lowest BCUT2D eigenvalue weighted by Crippen LogP contribution is -1.86. The highest BCUT2D eigenvalue weighted by Gasteiger charge is 1.96. The number of aromatic amines is 1. The van der Waals surface area contributed by atoms with E-state index in [4.69, 9.17) is 0 Å². The van der Waals surface area contributed by atoms with Crippen LogP contribution in [0.2, 0.25) is 0 Å². The average molecular weight is 167 g/mol. The van der Waals surface area contributed by atoms with Crippen LogP contribution in [0.15, 0.2) is 18.5 Å². The minimum Gasteiger partial charge on any atom is -0.366 e. The summed E-state index contributed by atoms with van der Waals surface area (Å²) in [5.74, 6) is 0. The van der Waals surface area contributed by atoms with Crippen molar-refractivity contribution in [1.29, 1.82) is 0 Å². The van der Waals surface area contributed by atoms with Crippen molar-refractivity contribution < 1.29 is 0 Å². The average Bonchev–Trinajstić information content (AvgIpc) is 2.60. The number of anilines is 2. The molecule has 0 saturated carbocycles. The van der Waals surface area contributed by atoms with Gasteiger partial charge in [0.25, 0.3) is 0 Å². The summed E-state index contributed by atoms with van der Waals surface area (Å²) in [4.78, 5) is 2.92. The van der Waals surface area contributed by atoms with Gasteiger partial charge < -0.3 is 10.3 Å². The molecule has 0 atom stereocenters. The quantitative estimate of drug-likeness (QED) is 0.700. The lowest BCUT2D eigenvalue weighted by molar-refractivity contribution is 0.961. The largest absolute Gasteiger partial charge is 0.366 e. The summed E-state index contributed by atoms with van der Waals surface area (Å²) in [5, 5.41) is 10.9. The first-order valence-electron chi connectivity index (χ1n) is 3.00. The molecule has 2 aromatic heterocycles. The van der Waals surface area contributed by atoms with Crippen molar-refractivity contribution >= 4 is 22.4 Å². The van der Waals surface area contributed by atoms with Crippen LogP contribution >= 0.6 is 11.5 Å². The standard InChI is InChI=1S/C5H5N5S/c1-2-6-3-4(1)7-5-8-9-10-11-5/h1-3,6H,(H,7,8,10). The van der Waals surface area contributed by atoms with Gasteiger partial charge in [-0.25, -0.2) is 0 Å². The number of hydrogen-bond donors (Lipinski definition) is 2. The molecule has 5 nitrogen and oxygen atoms in total. The summed E-state index contributed by atoms with van der Waals surface area (Å²) < 4.78 is 3.61. The minimum atomic E-state index is 0.699. The highest BCUT2D eigenvalue weighted by atomic mass is 32.1. The Morgan fingerprint density at radius 1 is 1.55 bits per heavy atom. The Labute approximate surface area is 66.6 Å². The van der Waals surface area contributed by atoms with Crippen LogP contribution < -0.4 is 5.32 Å². The number of nitrogens with zero attached hydrogens (tertiary/aromatic N) is 3. The summed E-state index contributed by atoms with van der Waals surface area (Å²) in [5.41, 5.74) is 0.962. The second kappa shape index (κ2) is 2.67. The van der Waals surface area contributed by atoms with Crippen LogP contribution in [0.5, 0.6) is 0 Å². The Hall–Kier alpha value is -1.43.